The number of hydrogen-bond donors (Lipinski definition) is 2. The summed E-state index contributed by atoms with van der Waals surface area (Å²) in [4.78, 5) is 22.7. The minimum absolute atomic E-state index is 0.197. The third-order valence-corrected chi connectivity index (χ3v) is 2.05. The molecule has 0 aliphatic heterocycles. The molecule has 0 saturated heterocycles. The lowest BCUT2D eigenvalue weighted by molar-refractivity contribution is -0.148. The van der Waals surface area contributed by atoms with E-state index in [4.69, 9.17) is 5.73 Å². The molecule has 1 rings (SSSR count). The quantitative estimate of drug-likeness (QED) is 0.504. The zero-order valence-electron chi connectivity index (χ0n) is 9.84. The number of nitrogens with two attached hydrogens (primary N) is 1. The Labute approximate surface area is 98.9 Å². The Kier molecular flexibility index (Phi) is 4.65. The molecule has 1 aromatic heterocycles. The Bertz CT molecular complexity index is 402. The lowest BCUT2D eigenvalue weighted by atomic mass is 10.3. The highest BCUT2D eigenvalue weighted by atomic mass is 16.5. The van der Waals surface area contributed by atoms with Crippen LogP contribution in [0.3, 0.4) is 0 Å². The van der Waals surface area contributed by atoms with Gasteiger partial charge in [0.1, 0.15) is 0 Å². The van der Waals surface area contributed by atoms with Crippen LogP contribution in [-0.2, 0) is 27.9 Å². The Morgan fingerprint density at radius 2 is 2.35 bits per heavy atom. The van der Waals surface area contributed by atoms with Crippen molar-refractivity contribution in [2.45, 2.75) is 19.5 Å². The number of carbonyl (C=O) groups excluding carboxylic acids is 2. The van der Waals surface area contributed by atoms with Crippen molar-refractivity contribution in [2.24, 2.45) is 12.8 Å². The van der Waals surface area contributed by atoms with Crippen molar-refractivity contribution in [3.8, 4) is 0 Å². The third kappa shape index (κ3) is 3.87. The Balaban J connectivity index is 2.41. The van der Waals surface area contributed by atoms with Gasteiger partial charge in [-0.15, -0.1) is 0 Å². The minimum Gasteiger partial charge on any atom is -0.464 e. The van der Waals surface area contributed by atoms with E-state index >= 15 is 0 Å². The summed E-state index contributed by atoms with van der Waals surface area (Å²) in [5.41, 5.74) is 6.24. The van der Waals surface area contributed by atoms with Gasteiger partial charge < -0.3 is 15.8 Å². The first-order valence-electron chi connectivity index (χ1n) is 5.22. The second-order valence-corrected chi connectivity index (χ2v) is 3.47. The van der Waals surface area contributed by atoms with Crippen LogP contribution < -0.4 is 11.1 Å². The van der Waals surface area contributed by atoms with Gasteiger partial charge >= 0.3 is 5.97 Å². The van der Waals surface area contributed by atoms with Gasteiger partial charge in [0, 0.05) is 25.4 Å². The molecule has 0 saturated carbocycles. The number of hydrogen-bond acceptors (Lipinski definition) is 5. The molecule has 0 aliphatic carbocycles. The number of ether oxygens (including phenoxy) is 1. The fourth-order valence-electron chi connectivity index (χ4n) is 1.20. The van der Waals surface area contributed by atoms with Crippen molar-refractivity contribution >= 4 is 11.9 Å². The molecule has 0 fully saturated rings. The fourth-order valence-corrected chi connectivity index (χ4v) is 1.20. The van der Waals surface area contributed by atoms with Gasteiger partial charge in [0.15, 0.2) is 6.04 Å². The highest BCUT2D eigenvalue weighted by Crippen LogP contribution is 1.95. The van der Waals surface area contributed by atoms with Gasteiger partial charge in [-0.05, 0) is 6.92 Å². The van der Waals surface area contributed by atoms with Gasteiger partial charge in [0.2, 0.25) is 5.91 Å². The first-order chi connectivity index (χ1) is 8.04. The van der Waals surface area contributed by atoms with Gasteiger partial charge in [0.05, 0.1) is 12.8 Å². The van der Waals surface area contributed by atoms with E-state index in [1.54, 1.807) is 31.0 Å². The second-order valence-electron chi connectivity index (χ2n) is 3.47. The summed E-state index contributed by atoms with van der Waals surface area (Å²) in [6.07, 6.45) is 3.38. The first-order valence-corrected chi connectivity index (χ1v) is 5.22. The Hall–Kier alpha value is -1.89. The number of carbonyl (C=O) groups is 2. The molecule has 0 radical (unpaired) electrons. The predicted molar refractivity (Wildman–Crippen MR) is 59.7 cm³/mol. The zero-order chi connectivity index (χ0) is 12.8. The van der Waals surface area contributed by atoms with E-state index in [-0.39, 0.29) is 13.2 Å². The molecule has 7 heteroatoms. The summed E-state index contributed by atoms with van der Waals surface area (Å²) in [7, 11) is 1.77. The molecule has 0 aliphatic rings. The SMILES string of the molecule is CCOC(=O)C(N)C(=O)NCc1cnn(C)c1. The maximum absolute atomic E-state index is 11.5. The maximum Gasteiger partial charge on any atom is 0.332 e. The zero-order valence-corrected chi connectivity index (χ0v) is 9.84. The fraction of sp³-hybridized carbons (Fsp3) is 0.500. The van der Waals surface area contributed by atoms with Crippen molar-refractivity contribution in [3.05, 3.63) is 18.0 Å². The maximum atomic E-state index is 11.5. The molecule has 94 valence electrons. The number of amides is 1. The van der Waals surface area contributed by atoms with Crippen molar-refractivity contribution in [1.29, 1.82) is 0 Å². The van der Waals surface area contributed by atoms with Gasteiger partial charge in [-0.3, -0.25) is 9.48 Å². The molecule has 17 heavy (non-hydrogen) atoms. The molecule has 1 atom stereocenters. The van der Waals surface area contributed by atoms with Gasteiger partial charge in [-0.1, -0.05) is 0 Å². The molecular weight excluding hydrogens is 224 g/mol. The van der Waals surface area contributed by atoms with Crippen LogP contribution in [0, 0.1) is 0 Å². The number of rotatable bonds is 5. The Morgan fingerprint density at radius 1 is 1.65 bits per heavy atom. The normalized spacial score (nSPS) is 11.9. The highest BCUT2D eigenvalue weighted by molar-refractivity contribution is 6.01. The number of nitrogens with zero attached hydrogens (tertiary/aromatic N) is 2. The van der Waals surface area contributed by atoms with E-state index in [1.807, 2.05) is 0 Å². The molecule has 1 unspecified atom stereocenters. The predicted octanol–water partition coefficient (Wildman–Crippen LogP) is -1.07. The lowest BCUT2D eigenvalue weighted by Gasteiger charge is -2.10. The average molecular weight is 240 g/mol. The van der Waals surface area contributed by atoms with Crippen molar-refractivity contribution in [3.63, 3.8) is 0 Å². The van der Waals surface area contributed by atoms with Gasteiger partial charge in [-0.25, -0.2) is 4.79 Å². The van der Waals surface area contributed by atoms with Crippen LogP contribution in [0.15, 0.2) is 12.4 Å². The van der Waals surface area contributed by atoms with Crippen molar-refractivity contribution < 1.29 is 14.3 Å². The smallest absolute Gasteiger partial charge is 0.332 e. The molecule has 7 nitrogen and oxygen atoms in total. The van der Waals surface area contributed by atoms with E-state index in [2.05, 4.69) is 15.2 Å². The van der Waals surface area contributed by atoms with Crippen LogP contribution in [0.2, 0.25) is 0 Å². The topological polar surface area (TPSA) is 99.2 Å². The number of nitrogens with one attached hydrogen (secondary N) is 1. The third-order valence-electron chi connectivity index (χ3n) is 2.05. The highest BCUT2D eigenvalue weighted by Gasteiger charge is 2.22. The number of esters is 1. The molecule has 0 spiro atoms. The first kappa shape index (κ1) is 13.2. The van der Waals surface area contributed by atoms with E-state index in [0.29, 0.717) is 0 Å². The molecule has 0 aromatic carbocycles. The summed E-state index contributed by atoms with van der Waals surface area (Å²) in [6.45, 7) is 2.13. The van der Waals surface area contributed by atoms with Crippen LogP contribution in [0.1, 0.15) is 12.5 Å². The molecule has 3 N–H and O–H groups in total. The summed E-state index contributed by atoms with van der Waals surface area (Å²) in [5.74, 6) is -1.29. The number of aromatic nitrogens is 2. The summed E-state index contributed by atoms with van der Waals surface area (Å²) >= 11 is 0. The number of aryl methyl sites for hydroxylation is 1. The molecular formula is C10H16N4O3. The van der Waals surface area contributed by atoms with Crippen LogP contribution in [0.4, 0.5) is 0 Å². The molecule has 1 aromatic rings. The van der Waals surface area contributed by atoms with Gasteiger partial charge in [0.25, 0.3) is 0 Å². The Morgan fingerprint density at radius 3 is 2.88 bits per heavy atom. The largest absolute Gasteiger partial charge is 0.464 e. The van der Waals surface area contributed by atoms with E-state index in [1.165, 1.54) is 0 Å². The van der Waals surface area contributed by atoms with E-state index in [0.717, 1.165) is 5.56 Å². The van der Waals surface area contributed by atoms with E-state index < -0.39 is 17.9 Å². The summed E-state index contributed by atoms with van der Waals surface area (Å²) < 4.78 is 6.26. The van der Waals surface area contributed by atoms with E-state index in [9.17, 15) is 9.59 Å². The van der Waals surface area contributed by atoms with Crippen molar-refractivity contribution in [1.82, 2.24) is 15.1 Å². The molecule has 0 bridgehead atoms. The van der Waals surface area contributed by atoms with Crippen molar-refractivity contribution in [2.75, 3.05) is 6.61 Å². The minimum atomic E-state index is -1.29. The molecule has 1 amide bonds. The van der Waals surface area contributed by atoms with Crippen LogP contribution in [0.5, 0.6) is 0 Å². The molecule has 1 heterocycles. The second kappa shape index (κ2) is 6.00. The standard InChI is InChI=1S/C10H16N4O3/c1-3-17-10(16)8(11)9(15)12-4-7-5-13-14(2)6-7/h5-6,8H,3-4,11H2,1-2H3,(H,12,15). The lowest BCUT2D eigenvalue weighted by Crippen LogP contribution is -2.46. The van der Waals surface area contributed by atoms with Crippen LogP contribution in [-0.4, -0.2) is 34.3 Å². The summed E-state index contributed by atoms with van der Waals surface area (Å²) in [6, 6.07) is -1.29. The monoisotopic (exact) mass is 240 g/mol. The van der Waals surface area contributed by atoms with Crippen LogP contribution >= 0.6 is 0 Å². The van der Waals surface area contributed by atoms with Gasteiger partial charge in [-0.2, -0.15) is 5.10 Å². The summed E-state index contributed by atoms with van der Waals surface area (Å²) in [5, 5.41) is 6.48. The van der Waals surface area contributed by atoms with Crippen LogP contribution in [0.25, 0.3) is 0 Å². The average Bonchev–Trinajstić information content (AvgIpc) is 2.71.